The molecule has 0 aliphatic carbocycles. The van der Waals surface area contributed by atoms with E-state index in [0.717, 1.165) is 29.8 Å². The van der Waals surface area contributed by atoms with E-state index in [0.29, 0.717) is 31.1 Å². The molecule has 2 aliphatic rings. The van der Waals surface area contributed by atoms with Crippen molar-refractivity contribution >= 4 is 29.2 Å². The molecule has 29 heavy (non-hydrogen) atoms. The number of para-hydroxylation sites is 1. The number of anilines is 1. The van der Waals surface area contributed by atoms with Gasteiger partial charge >= 0.3 is 6.03 Å². The van der Waals surface area contributed by atoms with Gasteiger partial charge in [0, 0.05) is 29.8 Å². The van der Waals surface area contributed by atoms with E-state index in [1.165, 1.54) is 0 Å². The number of halogens is 1. The maximum absolute atomic E-state index is 12.7. The molecule has 2 aromatic rings. The lowest BCUT2D eigenvalue weighted by molar-refractivity contribution is -0.127. The van der Waals surface area contributed by atoms with Gasteiger partial charge in [-0.05, 0) is 55.2 Å². The smallest absolute Gasteiger partial charge is 0.321 e. The SMILES string of the molecule is O=C(NC1CCN(C(=O)Nc2ccccc2)CC1)C1COc2ccc(Cl)cc2C1. The van der Waals surface area contributed by atoms with E-state index in [4.69, 9.17) is 16.3 Å². The summed E-state index contributed by atoms with van der Waals surface area (Å²) in [4.78, 5) is 26.9. The van der Waals surface area contributed by atoms with Crippen LogP contribution in [0.2, 0.25) is 5.02 Å². The minimum Gasteiger partial charge on any atom is -0.492 e. The summed E-state index contributed by atoms with van der Waals surface area (Å²) in [5.74, 6) is 0.583. The van der Waals surface area contributed by atoms with Crippen LogP contribution in [-0.4, -0.2) is 42.6 Å². The molecule has 4 rings (SSSR count). The first kappa shape index (κ1) is 19.6. The lowest BCUT2D eigenvalue weighted by atomic mass is 9.95. The predicted octanol–water partition coefficient (Wildman–Crippen LogP) is 3.70. The Balaban J connectivity index is 1.25. The van der Waals surface area contributed by atoms with E-state index < -0.39 is 0 Å². The summed E-state index contributed by atoms with van der Waals surface area (Å²) in [6.45, 7) is 1.60. The molecule has 0 aromatic heterocycles. The number of hydrogen-bond acceptors (Lipinski definition) is 3. The number of fused-ring (bicyclic) bond motifs is 1. The highest BCUT2D eigenvalue weighted by Crippen LogP contribution is 2.30. The number of piperidine rings is 1. The quantitative estimate of drug-likeness (QED) is 0.805. The highest BCUT2D eigenvalue weighted by Gasteiger charge is 2.29. The minimum absolute atomic E-state index is 0.00260. The molecule has 2 heterocycles. The number of urea groups is 1. The molecule has 0 spiro atoms. The Morgan fingerprint density at radius 1 is 1.07 bits per heavy atom. The van der Waals surface area contributed by atoms with Crippen LogP contribution in [0.5, 0.6) is 5.75 Å². The molecule has 1 saturated heterocycles. The zero-order chi connectivity index (χ0) is 20.2. The third-order valence-corrected chi connectivity index (χ3v) is 5.69. The molecule has 1 fully saturated rings. The largest absolute Gasteiger partial charge is 0.492 e. The van der Waals surface area contributed by atoms with Crippen molar-refractivity contribution in [1.82, 2.24) is 10.2 Å². The summed E-state index contributed by atoms with van der Waals surface area (Å²) in [5.41, 5.74) is 1.75. The van der Waals surface area contributed by atoms with Crippen molar-refractivity contribution in [1.29, 1.82) is 0 Å². The minimum atomic E-state index is -0.222. The van der Waals surface area contributed by atoms with Gasteiger partial charge in [0.2, 0.25) is 5.91 Å². The molecule has 1 atom stereocenters. The Hall–Kier alpha value is -2.73. The van der Waals surface area contributed by atoms with E-state index in [2.05, 4.69) is 10.6 Å². The summed E-state index contributed by atoms with van der Waals surface area (Å²) in [6.07, 6.45) is 2.11. The highest BCUT2D eigenvalue weighted by molar-refractivity contribution is 6.30. The average Bonchev–Trinajstić information content (AvgIpc) is 2.74. The van der Waals surface area contributed by atoms with Gasteiger partial charge in [0.25, 0.3) is 0 Å². The maximum Gasteiger partial charge on any atom is 0.321 e. The monoisotopic (exact) mass is 413 g/mol. The van der Waals surface area contributed by atoms with Crippen molar-refractivity contribution in [3.05, 3.63) is 59.1 Å². The van der Waals surface area contributed by atoms with Gasteiger partial charge in [-0.15, -0.1) is 0 Å². The Morgan fingerprint density at radius 3 is 2.59 bits per heavy atom. The summed E-state index contributed by atoms with van der Waals surface area (Å²) in [5, 5.41) is 6.69. The number of carbonyl (C=O) groups is 2. The van der Waals surface area contributed by atoms with Gasteiger partial charge in [0.15, 0.2) is 0 Å². The van der Waals surface area contributed by atoms with Crippen LogP contribution in [0.15, 0.2) is 48.5 Å². The molecule has 152 valence electrons. The summed E-state index contributed by atoms with van der Waals surface area (Å²) >= 11 is 6.06. The summed E-state index contributed by atoms with van der Waals surface area (Å²) in [6, 6.07) is 14.9. The van der Waals surface area contributed by atoms with Crippen LogP contribution in [0.4, 0.5) is 10.5 Å². The van der Waals surface area contributed by atoms with Gasteiger partial charge in [-0.3, -0.25) is 4.79 Å². The first-order valence-corrected chi connectivity index (χ1v) is 10.3. The normalized spacial score (nSPS) is 19.1. The second-order valence-electron chi connectivity index (χ2n) is 7.53. The number of rotatable bonds is 3. The topological polar surface area (TPSA) is 70.7 Å². The molecule has 0 radical (unpaired) electrons. The molecule has 2 aliphatic heterocycles. The maximum atomic E-state index is 12.7. The lowest BCUT2D eigenvalue weighted by Gasteiger charge is -2.33. The van der Waals surface area contributed by atoms with Gasteiger partial charge in [0.05, 0.1) is 5.92 Å². The van der Waals surface area contributed by atoms with Crippen LogP contribution in [0.3, 0.4) is 0 Å². The molecule has 0 saturated carbocycles. The van der Waals surface area contributed by atoms with E-state index in [1.807, 2.05) is 42.5 Å². The molecular weight excluding hydrogens is 390 g/mol. The van der Waals surface area contributed by atoms with Gasteiger partial charge in [-0.2, -0.15) is 0 Å². The Bertz CT molecular complexity index is 882. The number of amides is 3. The second kappa shape index (κ2) is 8.74. The van der Waals surface area contributed by atoms with Gasteiger partial charge in [-0.1, -0.05) is 29.8 Å². The third kappa shape index (κ3) is 4.82. The number of hydrogen-bond donors (Lipinski definition) is 2. The molecule has 3 amide bonds. The fourth-order valence-corrected chi connectivity index (χ4v) is 4.00. The average molecular weight is 414 g/mol. The van der Waals surface area contributed by atoms with Crippen molar-refractivity contribution in [3.63, 3.8) is 0 Å². The fourth-order valence-electron chi connectivity index (χ4n) is 3.80. The molecule has 6 nitrogen and oxygen atoms in total. The van der Waals surface area contributed by atoms with Crippen molar-refractivity contribution in [2.24, 2.45) is 5.92 Å². The van der Waals surface area contributed by atoms with E-state index >= 15 is 0 Å². The molecule has 2 N–H and O–H groups in total. The predicted molar refractivity (Wildman–Crippen MR) is 112 cm³/mol. The Morgan fingerprint density at radius 2 is 1.83 bits per heavy atom. The molecule has 2 aromatic carbocycles. The van der Waals surface area contributed by atoms with Crippen molar-refractivity contribution in [3.8, 4) is 5.75 Å². The number of nitrogens with one attached hydrogen (secondary N) is 2. The van der Waals surface area contributed by atoms with Crippen molar-refractivity contribution in [2.75, 3.05) is 25.0 Å². The van der Waals surface area contributed by atoms with E-state index in [1.54, 1.807) is 11.0 Å². The van der Waals surface area contributed by atoms with Crippen LogP contribution in [0.25, 0.3) is 0 Å². The zero-order valence-corrected chi connectivity index (χ0v) is 16.8. The number of benzene rings is 2. The molecule has 1 unspecified atom stereocenters. The van der Waals surface area contributed by atoms with Crippen LogP contribution in [0, 0.1) is 5.92 Å². The van der Waals surface area contributed by atoms with Crippen molar-refractivity contribution < 1.29 is 14.3 Å². The van der Waals surface area contributed by atoms with Crippen LogP contribution in [0.1, 0.15) is 18.4 Å². The third-order valence-electron chi connectivity index (χ3n) is 5.45. The van der Waals surface area contributed by atoms with Crippen LogP contribution < -0.4 is 15.4 Å². The van der Waals surface area contributed by atoms with Gasteiger partial charge in [0.1, 0.15) is 12.4 Å². The number of likely N-dealkylation sites (tertiary alicyclic amines) is 1. The van der Waals surface area contributed by atoms with E-state index in [-0.39, 0.29) is 23.9 Å². The van der Waals surface area contributed by atoms with Gasteiger partial charge in [-0.25, -0.2) is 4.79 Å². The van der Waals surface area contributed by atoms with Crippen LogP contribution >= 0.6 is 11.6 Å². The molecular formula is C22H24ClN3O3. The summed E-state index contributed by atoms with van der Waals surface area (Å²) in [7, 11) is 0. The molecule has 0 bridgehead atoms. The van der Waals surface area contributed by atoms with Crippen LogP contribution in [-0.2, 0) is 11.2 Å². The number of ether oxygens (including phenoxy) is 1. The standard InChI is InChI=1S/C22H24ClN3O3/c23-17-6-7-20-15(13-17)12-16(14-29-20)21(27)24-19-8-10-26(11-9-19)22(28)25-18-4-2-1-3-5-18/h1-7,13,16,19H,8-12,14H2,(H,24,27)(H,25,28). The second-order valence-corrected chi connectivity index (χ2v) is 7.97. The first-order valence-electron chi connectivity index (χ1n) is 9.91. The fraction of sp³-hybridized carbons (Fsp3) is 0.364. The van der Waals surface area contributed by atoms with E-state index in [9.17, 15) is 9.59 Å². The number of nitrogens with zero attached hydrogens (tertiary/aromatic N) is 1. The first-order chi connectivity index (χ1) is 14.1. The Labute approximate surface area is 175 Å². The molecule has 7 heteroatoms. The lowest BCUT2D eigenvalue weighted by Crippen LogP contribution is -2.49. The van der Waals surface area contributed by atoms with Crippen molar-refractivity contribution in [2.45, 2.75) is 25.3 Å². The number of carbonyl (C=O) groups excluding carboxylic acids is 2. The van der Waals surface area contributed by atoms with Gasteiger partial charge < -0.3 is 20.3 Å². The Kier molecular flexibility index (Phi) is 5.90. The summed E-state index contributed by atoms with van der Waals surface area (Å²) < 4.78 is 5.73. The highest BCUT2D eigenvalue weighted by atomic mass is 35.5. The zero-order valence-electron chi connectivity index (χ0n) is 16.1.